The van der Waals surface area contributed by atoms with E-state index >= 15 is 0 Å². The van der Waals surface area contributed by atoms with Crippen molar-refractivity contribution in [3.05, 3.63) is 11.9 Å². The summed E-state index contributed by atoms with van der Waals surface area (Å²) in [6.45, 7) is 4.59. The number of aromatic nitrogens is 2. The van der Waals surface area contributed by atoms with Crippen molar-refractivity contribution in [2.45, 2.75) is 32.6 Å². The second-order valence-electron chi connectivity index (χ2n) is 5.36. The van der Waals surface area contributed by atoms with E-state index in [0.717, 1.165) is 49.9 Å². The van der Waals surface area contributed by atoms with E-state index in [4.69, 9.17) is 10.6 Å². The van der Waals surface area contributed by atoms with E-state index in [0.29, 0.717) is 5.82 Å². The van der Waals surface area contributed by atoms with Gasteiger partial charge in [0.15, 0.2) is 0 Å². The zero-order valence-electron chi connectivity index (χ0n) is 12.4. The van der Waals surface area contributed by atoms with E-state index in [1.807, 2.05) is 7.05 Å². The molecule has 1 aliphatic rings. The second-order valence-corrected chi connectivity index (χ2v) is 5.36. The number of nitrogen functional groups attached to an aromatic ring is 1. The number of rotatable bonds is 9. The minimum Gasteiger partial charge on any atom is -0.379 e. The largest absolute Gasteiger partial charge is 0.379 e. The van der Waals surface area contributed by atoms with E-state index in [2.05, 4.69) is 27.2 Å². The fourth-order valence-electron chi connectivity index (χ4n) is 2.18. The van der Waals surface area contributed by atoms with Gasteiger partial charge in [0, 0.05) is 25.8 Å². The van der Waals surface area contributed by atoms with Crippen LogP contribution in [0.15, 0.2) is 6.33 Å². The Morgan fingerprint density at radius 2 is 2.25 bits per heavy atom. The monoisotopic (exact) mass is 279 g/mol. The van der Waals surface area contributed by atoms with Gasteiger partial charge in [-0.25, -0.2) is 15.8 Å². The Kier molecular flexibility index (Phi) is 5.55. The smallest absolute Gasteiger partial charge is 0.148 e. The van der Waals surface area contributed by atoms with Gasteiger partial charge in [-0.2, -0.15) is 0 Å². The molecule has 0 radical (unpaired) electrons. The van der Waals surface area contributed by atoms with Crippen molar-refractivity contribution in [2.24, 2.45) is 11.8 Å². The average molecular weight is 279 g/mol. The third-order valence-corrected chi connectivity index (χ3v) is 3.54. The van der Waals surface area contributed by atoms with Crippen LogP contribution in [0.3, 0.4) is 0 Å². The summed E-state index contributed by atoms with van der Waals surface area (Å²) in [5.74, 6) is 7.98. The highest BCUT2D eigenvalue weighted by Gasteiger charge is 2.21. The molecular weight excluding hydrogens is 254 g/mol. The van der Waals surface area contributed by atoms with Crippen molar-refractivity contribution in [1.29, 1.82) is 0 Å². The van der Waals surface area contributed by atoms with Gasteiger partial charge in [-0.1, -0.05) is 13.3 Å². The molecule has 0 aromatic carbocycles. The van der Waals surface area contributed by atoms with Gasteiger partial charge in [-0.15, -0.1) is 0 Å². The minimum atomic E-state index is 0.711. The summed E-state index contributed by atoms with van der Waals surface area (Å²) in [5, 5.41) is 0. The van der Waals surface area contributed by atoms with Crippen molar-refractivity contribution in [3.8, 4) is 0 Å². The van der Waals surface area contributed by atoms with E-state index < -0.39 is 0 Å². The molecule has 6 heteroatoms. The Morgan fingerprint density at radius 3 is 2.90 bits per heavy atom. The summed E-state index contributed by atoms with van der Waals surface area (Å²) in [4.78, 5) is 10.7. The molecule has 1 fully saturated rings. The van der Waals surface area contributed by atoms with E-state index in [1.165, 1.54) is 12.8 Å². The molecule has 0 aliphatic heterocycles. The lowest BCUT2D eigenvalue weighted by Gasteiger charge is -2.22. The van der Waals surface area contributed by atoms with Crippen LogP contribution in [0.1, 0.15) is 31.7 Å². The SMILES string of the molecule is CCCc1c(NN)ncnc1N(C)CCOCC1CC1. The van der Waals surface area contributed by atoms with Crippen LogP contribution in [-0.2, 0) is 11.2 Å². The highest BCUT2D eigenvalue weighted by molar-refractivity contribution is 5.58. The summed E-state index contributed by atoms with van der Waals surface area (Å²) in [6, 6.07) is 0. The predicted octanol–water partition coefficient (Wildman–Crippen LogP) is 1.58. The maximum atomic E-state index is 5.68. The number of nitrogens with two attached hydrogens (primary N) is 1. The molecule has 0 saturated heterocycles. The van der Waals surface area contributed by atoms with Gasteiger partial charge >= 0.3 is 0 Å². The molecule has 2 rings (SSSR count). The van der Waals surface area contributed by atoms with Gasteiger partial charge in [-0.05, 0) is 25.2 Å². The van der Waals surface area contributed by atoms with Crippen LogP contribution in [-0.4, -0.2) is 36.8 Å². The van der Waals surface area contributed by atoms with Crippen LogP contribution in [0.2, 0.25) is 0 Å². The predicted molar refractivity (Wildman–Crippen MR) is 80.7 cm³/mol. The highest BCUT2D eigenvalue weighted by Crippen LogP contribution is 2.28. The Balaban J connectivity index is 1.93. The Labute approximate surface area is 120 Å². The lowest BCUT2D eigenvalue weighted by Crippen LogP contribution is -2.26. The summed E-state index contributed by atoms with van der Waals surface area (Å²) in [7, 11) is 2.03. The fraction of sp³-hybridized carbons (Fsp3) is 0.714. The van der Waals surface area contributed by atoms with Gasteiger partial charge in [0.2, 0.25) is 0 Å². The van der Waals surface area contributed by atoms with Crippen molar-refractivity contribution in [3.63, 3.8) is 0 Å². The molecule has 1 saturated carbocycles. The standard InChI is InChI=1S/C14H25N5O/c1-3-4-12-13(18-15)16-10-17-14(12)19(2)7-8-20-9-11-5-6-11/h10-11H,3-9,15H2,1-2H3,(H,16,17,18). The number of hydrogen-bond donors (Lipinski definition) is 2. The summed E-state index contributed by atoms with van der Waals surface area (Å²) >= 11 is 0. The van der Waals surface area contributed by atoms with Crippen LogP contribution in [0, 0.1) is 5.92 Å². The molecule has 0 amide bonds. The van der Waals surface area contributed by atoms with E-state index in [1.54, 1.807) is 6.33 Å². The van der Waals surface area contributed by atoms with E-state index in [-0.39, 0.29) is 0 Å². The number of ether oxygens (including phenoxy) is 1. The number of hydrazine groups is 1. The lowest BCUT2D eigenvalue weighted by molar-refractivity contribution is 0.130. The molecule has 1 aromatic rings. The van der Waals surface area contributed by atoms with E-state index in [9.17, 15) is 0 Å². The van der Waals surface area contributed by atoms with Crippen LogP contribution in [0.4, 0.5) is 11.6 Å². The van der Waals surface area contributed by atoms with Gasteiger partial charge in [0.1, 0.15) is 18.0 Å². The van der Waals surface area contributed by atoms with Crippen molar-refractivity contribution < 1.29 is 4.74 Å². The Hall–Kier alpha value is -1.40. The first kappa shape index (κ1) is 15.0. The first-order valence-electron chi connectivity index (χ1n) is 7.35. The third kappa shape index (κ3) is 4.05. The first-order chi connectivity index (χ1) is 9.76. The van der Waals surface area contributed by atoms with Crippen LogP contribution in [0.25, 0.3) is 0 Å². The van der Waals surface area contributed by atoms with Crippen LogP contribution < -0.4 is 16.2 Å². The Morgan fingerprint density at radius 1 is 1.45 bits per heavy atom. The van der Waals surface area contributed by atoms with Crippen molar-refractivity contribution in [1.82, 2.24) is 9.97 Å². The zero-order chi connectivity index (χ0) is 14.4. The van der Waals surface area contributed by atoms with Crippen molar-refractivity contribution in [2.75, 3.05) is 37.1 Å². The maximum absolute atomic E-state index is 5.68. The fourth-order valence-corrected chi connectivity index (χ4v) is 2.18. The van der Waals surface area contributed by atoms with Gasteiger partial charge in [0.05, 0.1) is 6.61 Å². The molecule has 0 unspecified atom stereocenters. The van der Waals surface area contributed by atoms with Crippen LogP contribution >= 0.6 is 0 Å². The topological polar surface area (TPSA) is 76.3 Å². The van der Waals surface area contributed by atoms with Gasteiger partial charge in [-0.3, -0.25) is 0 Å². The molecule has 0 atom stereocenters. The molecule has 6 nitrogen and oxygen atoms in total. The normalized spacial score (nSPS) is 14.3. The van der Waals surface area contributed by atoms with Crippen molar-refractivity contribution >= 4 is 11.6 Å². The van der Waals surface area contributed by atoms with Gasteiger partial charge < -0.3 is 15.1 Å². The number of nitrogens with one attached hydrogen (secondary N) is 1. The first-order valence-corrected chi connectivity index (χ1v) is 7.35. The molecule has 1 aromatic heterocycles. The molecule has 1 aliphatic carbocycles. The molecular formula is C14H25N5O. The molecule has 1 heterocycles. The Bertz CT molecular complexity index is 422. The average Bonchev–Trinajstić information content (AvgIpc) is 3.28. The zero-order valence-corrected chi connectivity index (χ0v) is 12.4. The van der Waals surface area contributed by atoms with Crippen LogP contribution in [0.5, 0.6) is 0 Å². The molecule has 112 valence electrons. The quantitative estimate of drug-likeness (QED) is 0.406. The number of likely N-dealkylation sites (N-methyl/N-ethyl adjacent to an activating group) is 1. The third-order valence-electron chi connectivity index (χ3n) is 3.54. The molecule has 3 N–H and O–H groups in total. The summed E-state index contributed by atoms with van der Waals surface area (Å²) < 4.78 is 5.68. The highest BCUT2D eigenvalue weighted by atomic mass is 16.5. The molecule has 0 bridgehead atoms. The molecule has 20 heavy (non-hydrogen) atoms. The summed E-state index contributed by atoms with van der Waals surface area (Å²) in [6.07, 6.45) is 6.14. The number of hydrogen-bond acceptors (Lipinski definition) is 6. The number of nitrogens with zero attached hydrogens (tertiary/aromatic N) is 3. The van der Waals surface area contributed by atoms with Gasteiger partial charge in [0.25, 0.3) is 0 Å². The maximum Gasteiger partial charge on any atom is 0.148 e. The lowest BCUT2D eigenvalue weighted by atomic mass is 10.1. The molecule has 0 spiro atoms. The second kappa shape index (κ2) is 7.40. The number of anilines is 2. The minimum absolute atomic E-state index is 0.711. The summed E-state index contributed by atoms with van der Waals surface area (Å²) in [5.41, 5.74) is 3.73.